The van der Waals surface area contributed by atoms with Crippen molar-refractivity contribution in [1.29, 1.82) is 0 Å². The summed E-state index contributed by atoms with van der Waals surface area (Å²) in [5.41, 5.74) is 3.44. The first-order valence-electron chi connectivity index (χ1n) is 8.47. The number of amides is 1. The van der Waals surface area contributed by atoms with Gasteiger partial charge in [-0.25, -0.2) is 15.0 Å². The maximum atomic E-state index is 12.2. The Morgan fingerprint density at radius 2 is 1.81 bits per heavy atom. The van der Waals surface area contributed by atoms with Crippen LogP contribution in [-0.4, -0.2) is 27.4 Å². The van der Waals surface area contributed by atoms with Crippen molar-refractivity contribution in [2.24, 2.45) is 0 Å². The zero-order valence-electron chi connectivity index (χ0n) is 14.8. The molecule has 0 radical (unpaired) electrons. The molecule has 0 aliphatic carbocycles. The maximum absolute atomic E-state index is 12.2. The number of thiazole rings is 1. The summed E-state index contributed by atoms with van der Waals surface area (Å²) in [6.07, 6.45) is 1.83. The summed E-state index contributed by atoms with van der Waals surface area (Å²) in [4.78, 5) is 25.2. The van der Waals surface area contributed by atoms with Crippen molar-refractivity contribution in [2.45, 2.75) is 26.7 Å². The molecule has 0 unspecified atom stereocenters. The minimum atomic E-state index is -0.163. The Bertz CT molecular complexity index is 858. The van der Waals surface area contributed by atoms with E-state index in [4.69, 9.17) is 0 Å². The first-order chi connectivity index (χ1) is 12.6. The number of hydrogen-bond donors (Lipinski definition) is 2. The molecule has 1 amide bonds. The smallest absolute Gasteiger partial charge is 0.270 e. The lowest BCUT2D eigenvalue weighted by molar-refractivity contribution is 0.0949. The molecule has 2 heterocycles. The molecular formula is C19H21N5OS. The third-order valence-corrected chi connectivity index (χ3v) is 4.47. The summed E-state index contributed by atoms with van der Waals surface area (Å²) in [6, 6.07) is 12.1. The van der Waals surface area contributed by atoms with E-state index in [0.717, 1.165) is 24.2 Å². The molecule has 134 valence electrons. The molecule has 0 aliphatic heterocycles. The first-order valence-corrected chi connectivity index (χ1v) is 9.35. The van der Waals surface area contributed by atoms with Crippen molar-refractivity contribution >= 4 is 28.3 Å². The van der Waals surface area contributed by atoms with Crippen LogP contribution in [0, 0.1) is 13.8 Å². The van der Waals surface area contributed by atoms with Crippen molar-refractivity contribution in [1.82, 2.24) is 20.3 Å². The standard InChI is InChI=1S/C19H21N5OS/c1-13-11-14(2)22-18(21-13)24-19-23-16(12-26-19)17(25)20-10-6-9-15-7-4-3-5-8-15/h3-5,7-8,11-12H,6,9-10H2,1-2H3,(H,20,25)(H,21,22,23,24). The van der Waals surface area contributed by atoms with Gasteiger partial charge in [-0.05, 0) is 38.3 Å². The van der Waals surface area contributed by atoms with Gasteiger partial charge in [-0.1, -0.05) is 30.3 Å². The second-order valence-corrected chi connectivity index (χ2v) is 6.84. The fourth-order valence-corrected chi connectivity index (χ4v) is 3.23. The van der Waals surface area contributed by atoms with E-state index in [1.165, 1.54) is 16.9 Å². The van der Waals surface area contributed by atoms with Gasteiger partial charge >= 0.3 is 0 Å². The number of benzene rings is 1. The van der Waals surface area contributed by atoms with Gasteiger partial charge in [-0.2, -0.15) is 0 Å². The Morgan fingerprint density at radius 3 is 2.54 bits per heavy atom. The van der Waals surface area contributed by atoms with Crippen LogP contribution in [0.1, 0.15) is 33.9 Å². The van der Waals surface area contributed by atoms with Crippen molar-refractivity contribution < 1.29 is 4.79 Å². The molecule has 2 N–H and O–H groups in total. The molecular weight excluding hydrogens is 346 g/mol. The van der Waals surface area contributed by atoms with Crippen LogP contribution in [0.5, 0.6) is 0 Å². The van der Waals surface area contributed by atoms with E-state index in [0.29, 0.717) is 23.3 Å². The molecule has 0 atom stereocenters. The van der Waals surface area contributed by atoms with Crippen molar-refractivity contribution in [2.75, 3.05) is 11.9 Å². The summed E-state index contributed by atoms with van der Waals surface area (Å²) < 4.78 is 0. The van der Waals surface area contributed by atoms with E-state index in [1.807, 2.05) is 38.1 Å². The molecule has 3 rings (SSSR count). The van der Waals surface area contributed by atoms with Crippen LogP contribution >= 0.6 is 11.3 Å². The van der Waals surface area contributed by atoms with Crippen molar-refractivity contribution in [3.05, 3.63) is 64.4 Å². The SMILES string of the molecule is Cc1cc(C)nc(Nc2nc(C(=O)NCCCc3ccccc3)cs2)n1. The van der Waals surface area contributed by atoms with E-state index < -0.39 is 0 Å². The second kappa shape index (κ2) is 8.53. The quantitative estimate of drug-likeness (QED) is 0.623. The van der Waals surface area contributed by atoms with E-state index in [2.05, 4.69) is 37.7 Å². The Kier molecular flexibility index (Phi) is 5.91. The monoisotopic (exact) mass is 367 g/mol. The molecule has 0 saturated carbocycles. The predicted molar refractivity (Wildman–Crippen MR) is 104 cm³/mol. The number of aryl methyl sites for hydroxylation is 3. The number of rotatable bonds is 7. The lowest BCUT2D eigenvalue weighted by Gasteiger charge is -2.04. The number of nitrogens with zero attached hydrogens (tertiary/aromatic N) is 3. The van der Waals surface area contributed by atoms with E-state index in [9.17, 15) is 4.79 Å². The minimum Gasteiger partial charge on any atom is -0.351 e. The van der Waals surface area contributed by atoms with Gasteiger partial charge < -0.3 is 10.6 Å². The number of carbonyl (C=O) groups is 1. The molecule has 6 nitrogen and oxygen atoms in total. The van der Waals surface area contributed by atoms with Crippen LogP contribution < -0.4 is 10.6 Å². The molecule has 26 heavy (non-hydrogen) atoms. The van der Waals surface area contributed by atoms with Gasteiger partial charge in [0.15, 0.2) is 5.13 Å². The molecule has 1 aromatic carbocycles. The van der Waals surface area contributed by atoms with Gasteiger partial charge in [-0.3, -0.25) is 4.79 Å². The average Bonchev–Trinajstić information content (AvgIpc) is 3.07. The van der Waals surface area contributed by atoms with Gasteiger partial charge in [0.2, 0.25) is 5.95 Å². The van der Waals surface area contributed by atoms with E-state index in [-0.39, 0.29) is 5.91 Å². The summed E-state index contributed by atoms with van der Waals surface area (Å²) in [5, 5.41) is 8.30. The summed E-state index contributed by atoms with van der Waals surface area (Å²) in [6.45, 7) is 4.44. The number of carbonyl (C=O) groups excluding carboxylic acids is 1. The van der Waals surface area contributed by atoms with Gasteiger partial charge in [0.25, 0.3) is 5.91 Å². The van der Waals surface area contributed by atoms with Crippen LogP contribution in [0.4, 0.5) is 11.1 Å². The van der Waals surface area contributed by atoms with Crippen LogP contribution in [0.25, 0.3) is 0 Å². The summed E-state index contributed by atoms with van der Waals surface area (Å²) in [5.74, 6) is 0.329. The fraction of sp³-hybridized carbons (Fsp3) is 0.263. The third kappa shape index (κ3) is 5.10. The normalized spacial score (nSPS) is 10.5. The van der Waals surface area contributed by atoms with Gasteiger partial charge in [0.1, 0.15) is 5.69 Å². The van der Waals surface area contributed by atoms with Gasteiger partial charge in [-0.15, -0.1) is 11.3 Å². The lowest BCUT2D eigenvalue weighted by atomic mass is 10.1. The molecule has 0 saturated heterocycles. The summed E-state index contributed by atoms with van der Waals surface area (Å²) in [7, 11) is 0. The van der Waals surface area contributed by atoms with Crippen LogP contribution in [0.15, 0.2) is 41.8 Å². The molecule has 7 heteroatoms. The zero-order chi connectivity index (χ0) is 18.4. The number of nitrogens with one attached hydrogen (secondary N) is 2. The molecule has 3 aromatic rings. The maximum Gasteiger partial charge on any atom is 0.270 e. The topological polar surface area (TPSA) is 79.8 Å². The molecule has 0 spiro atoms. The van der Waals surface area contributed by atoms with Gasteiger partial charge in [0.05, 0.1) is 0 Å². The Labute approximate surface area is 156 Å². The molecule has 0 bridgehead atoms. The summed E-state index contributed by atoms with van der Waals surface area (Å²) >= 11 is 1.36. The largest absolute Gasteiger partial charge is 0.351 e. The van der Waals surface area contributed by atoms with Crippen molar-refractivity contribution in [3.8, 4) is 0 Å². The highest BCUT2D eigenvalue weighted by Gasteiger charge is 2.11. The third-order valence-electron chi connectivity index (χ3n) is 3.71. The van der Waals surface area contributed by atoms with Crippen LogP contribution in [-0.2, 0) is 6.42 Å². The highest BCUT2D eigenvalue weighted by atomic mass is 32.1. The van der Waals surface area contributed by atoms with Crippen molar-refractivity contribution in [3.63, 3.8) is 0 Å². The van der Waals surface area contributed by atoms with E-state index >= 15 is 0 Å². The molecule has 0 aliphatic rings. The number of anilines is 2. The Morgan fingerprint density at radius 1 is 1.08 bits per heavy atom. The molecule has 0 fully saturated rings. The number of hydrogen-bond acceptors (Lipinski definition) is 6. The van der Waals surface area contributed by atoms with Gasteiger partial charge in [0, 0.05) is 23.3 Å². The fourth-order valence-electron chi connectivity index (χ4n) is 2.54. The average molecular weight is 367 g/mol. The van der Waals surface area contributed by atoms with E-state index in [1.54, 1.807) is 5.38 Å². The van der Waals surface area contributed by atoms with Crippen LogP contribution in [0.3, 0.4) is 0 Å². The zero-order valence-corrected chi connectivity index (χ0v) is 15.6. The highest BCUT2D eigenvalue weighted by Crippen LogP contribution is 2.19. The second-order valence-electron chi connectivity index (χ2n) is 5.98. The number of aromatic nitrogens is 3. The molecule has 2 aromatic heterocycles. The minimum absolute atomic E-state index is 0.163. The lowest BCUT2D eigenvalue weighted by Crippen LogP contribution is -2.25. The Hall–Kier alpha value is -2.80. The Balaban J connectivity index is 1.49. The first kappa shape index (κ1) is 18.0. The highest BCUT2D eigenvalue weighted by molar-refractivity contribution is 7.14. The van der Waals surface area contributed by atoms with Crippen LogP contribution in [0.2, 0.25) is 0 Å². The predicted octanol–water partition coefficient (Wildman–Crippen LogP) is 3.66.